The SMILES string of the molecule is Cc1c(N)cccc1CNC(=O)c1cc2sccc2s1. The van der Waals surface area contributed by atoms with Gasteiger partial charge in [0.15, 0.2) is 0 Å². The molecule has 0 saturated heterocycles. The molecule has 3 N–H and O–H groups in total. The van der Waals surface area contributed by atoms with Crippen LogP contribution in [0.15, 0.2) is 35.7 Å². The lowest BCUT2D eigenvalue weighted by atomic mass is 10.1. The number of nitrogens with one attached hydrogen (secondary N) is 1. The van der Waals surface area contributed by atoms with Crippen molar-refractivity contribution in [3.05, 3.63) is 51.7 Å². The summed E-state index contributed by atoms with van der Waals surface area (Å²) < 4.78 is 2.33. The molecule has 2 aromatic heterocycles. The third-order valence-electron chi connectivity index (χ3n) is 3.29. The van der Waals surface area contributed by atoms with E-state index in [2.05, 4.69) is 5.32 Å². The molecule has 0 fully saturated rings. The fourth-order valence-corrected chi connectivity index (χ4v) is 4.06. The molecule has 3 nitrogen and oxygen atoms in total. The highest BCUT2D eigenvalue weighted by Crippen LogP contribution is 2.29. The van der Waals surface area contributed by atoms with Crippen molar-refractivity contribution in [2.24, 2.45) is 0 Å². The van der Waals surface area contributed by atoms with E-state index in [0.29, 0.717) is 6.54 Å². The first-order valence-electron chi connectivity index (χ1n) is 6.24. The molecule has 1 amide bonds. The number of benzene rings is 1. The van der Waals surface area contributed by atoms with Crippen LogP contribution >= 0.6 is 22.7 Å². The monoisotopic (exact) mass is 302 g/mol. The number of fused-ring (bicyclic) bond motifs is 1. The van der Waals surface area contributed by atoms with Crippen molar-refractivity contribution >= 4 is 43.7 Å². The van der Waals surface area contributed by atoms with Crippen LogP contribution in [0.5, 0.6) is 0 Å². The minimum atomic E-state index is -0.0276. The zero-order valence-electron chi connectivity index (χ0n) is 11.0. The molecule has 0 spiro atoms. The third kappa shape index (κ3) is 2.42. The predicted octanol–water partition coefficient (Wildman–Crippen LogP) is 3.78. The van der Waals surface area contributed by atoms with Gasteiger partial charge in [-0.25, -0.2) is 0 Å². The second-order valence-electron chi connectivity index (χ2n) is 4.57. The van der Waals surface area contributed by atoms with E-state index >= 15 is 0 Å². The number of hydrogen-bond acceptors (Lipinski definition) is 4. The van der Waals surface area contributed by atoms with Crippen LogP contribution in [0.2, 0.25) is 0 Å². The van der Waals surface area contributed by atoms with Gasteiger partial charge in [0, 0.05) is 21.6 Å². The van der Waals surface area contributed by atoms with Crippen LogP contribution in [-0.4, -0.2) is 5.91 Å². The normalized spacial score (nSPS) is 10.8. The molecule has 0 saturated carbocycles. The lowest BCUT2D eigenvalue weighted by molar-refractivity contribution is 0.0955. The van der Waals surface area contributed by atoms with E-state index in [1.807, 2.05) is 42.6 Å². The lowest BCUT2D eigenvalue weighted by Gasteiger charge is -2.09. The number of thiophene rings is 2. The van der Waals surface area contributed by atoms with Crippen LogP contribution in [0.4, 0.5) is 5.69 Å². The van der Waals surface area contributed by atoms with E-state index in [9.17, 15) is 4.79 Å². The van der Waals surface area contributed by atoms with Gasteiger partial charge in [-0.2, -0.15) is 0 Å². The first-order valence-corrected chi connectivity index (χ1v) is 7.94. The smallest absolute Gasteiger partial charge is 0.261 e. The molecular formula is C15H14N2OS2. The highest BCUT2D eigenvalue weighted by Gasteiger charge is 2.11. The van der Waals surface area contributed by atoms with Gasteiger partial charge >= 0.3 is 0 Å². The molecule has 20 heavy (non-hydrogen) atoms. The maximum absolute atomic E-state index is 12.2. The van der Waals surface area contributed by atoms with E-state index in [1.54, 1.807) is 11.3 Å². The van der Waals surface area contributed by atoms with Crippen molar-refractivity contribution < 1.29 is 4.79 Å². The van der Waals surface area contributed by atoms with E-state index < -0.39 is 0 Å². The predicted molar refractivity (Wildman–Crippen MR) is 86.5 cm³/mol. The Morgan fingerprint density at radius 1 is 1.30 bits per heavy atom. The standard InChI is InChI=1S/C15H14N2OS2/c1-9-10(3-2-4-11(9)16)8-17-15(18)14-7-13-12(20-14)5-6-19-13/h2-7H,8,16H2,1H3,(H,17,18). The molecule has 0 atom stereocenters. The molecule has 102 valence electrons. The first kappa shape index (κ1) is 13.1. The Labute approximate surface area is 125 Å². The number of nitrogens with two attached hydrogens (primary N) is 1. The van der Waals surface area contributed by atoms with Gasteiger partial charge in [0.2, 0.25) is 0 Å². The summed E-state index contributed by atoms with van der Waals surface area (Å²) in [5, 5.41) is 5.00. The zero-order chi connectivity index (χ0) is 14.1. The van der Waals surface area contributed by atoms with Crippen molar-refractivity contribution in [3.8, 4) is 0 Å². The number of anilines is 1. The molecular weight excluding hydrogens is 288 g/mol. The summed E-state index contributed by atoms with van der Waals surface area (Å²) in [6.45, 7) is 2.47. The number of carbonyl (C=O) groups excluding carboxylic acids is 1. The number of nitrogen functional groups attached to an aromatic ring is 1. The first-order chi connectivity index (χ1) is 9.65. The van der Waals surface area contributed by atoms with Gasteiger partial charge in [0.05, 0.1) is 4.88 Å². The van der Waals surface area contributed by atoms with Gasteiger partial charge < -0.3 is 11.1 Å². The van der Waals surface area contributed by atoms with Gasteiger partial charge in [0.25, 0.3) is 5.91 Å². The number of amides is 1. The fraction of sp³-hybridized carbons (Fsp3) is 0.133. The Hall–Kier alpha value is -1.85. The van der Waals surface area contributed by atoms with Crippen LogP contribution in [0.1, 0.15) is 20.8 Å². The quantitative estimate of drug-likeness (QED) is 0.723. The number of rotatable bonds is 3. The van der Waals surface area contributed by atoms with Gasteiger partial charge in [-0.15, -0.1) is 22.7 Å². The average Bonchev–Trinajstić information content (AvgIpc) is 3.01. The number of carbonyl (C=O) groups is 1. The second-order valence-corrected chi connectivity index (χ2v) is 6.61. The van der Waals surface area contributed by atoms with Crippen LogP contribution in [0, 0.1) is 6.92 Å². The number of hydrogen-bond donors (Lipinski definition) is 2. The topological polar surface area (TPSA) is 55.1 Å². The summed E-state index contributed by atoms with van der Waals surface area (Å²) in [6.07, 6.45) is 0. The van der Waals surface area contributed by atoms with E-state index in [-0.39, 0.29) is 5.91 Å². The zero-order valence-corrected chi connectivity index (χ0v) is 12.6. The maximum atomic E-state index is 12.2. The van der Waals surface area contributed by atoms with Gasteiger partial charge in [0.1, 0.15) is 0 Å². The highest BCUT2D eigenvalue weighted by molar-refractivity contribution is 7.27. The summed E-state index contributed by atoms with van der Waals surface area (Å²) in [4.78, 5) is 12.9. The van der Waals surface area contributed by atoms with Gasteiger partial charge in [-0.3, -0.25) is 4.79 Å². The Balaban J connectivity index is 1.73. The Kier molecular flexibility index (Phi) is 3.46. The van der Waals surface area contributed by atoms with Crippen LogP contribution in [0.25, 0.3) is 9.40 Å². The van der Waals surface area contributed by atoms with Crippen molar-refractivity contribution in [1.29, 1.82) is 0 Å². The van der Waals surface area contributed by atoms with Gasteiger partial charge in [-0.05, 0) is 41.6 Å². The minimum Gasteiger partial charge on any atom is -0.399 e. The maximum Gasteiger partial charge on any atom is 0.261 e. The van der Waals surface area contributed by atoms with Crippen LogP contribution in [-0.2, 0) is 6.54 Å². The molecule has 0 aliphatic heterocycles. The van der Waals surface area contributed by atoms with Crippen molar-refractivity contribution in [2.45, 2.75) is 13.5 Å². The molecule has 0 radical (unpaired) electrons. The van der Waals surface area contributed by atoms with Crippen LogP contribution < -0.4 is 11.1 Å². The summed E-state index contributed by atoms with van der Waals surface area (Å²) in [5.41, 5.74) is 8.70. The van der Waals surface area contributed by atoms with Crippen molar-refractivity contribution in [1.82, 2.24) is 5.32 Å². The van der Waals surface area contributed by atoms with Crippen molar-refractivity contribution in [2.75, 3.05) is 5.73 Å². The largest absolute Gasteiger partial charge is 0.399 e. The summed E-state index contributed by atoms with van der Waals surface area (Å²) in [6, 6.07) is 9.76. The Bertz CT molecular complexity index is 745. The molecule has 0 unspecified atom stereocenters. The average molecular weight is 302 g/mol. The van der Waals surface area contributed by atoms with E-state index in [1.165, 1.54) is 20.7 Å². The minimum absolute atomic E-state index is 0.0276. The van der Waals surface area contributed by atoms with Crippen LogP contribution in [0.3, 0.4) is 0 Å². The third-order valence-corrected chi connectivity index (χ3v) is 5.38. The Morgan fingerprint density at radius 3 is 2.95 bits per heavy atom. The summed E-state index contributed by atoms with van der Waals surface area (Å²) in [7, 11) is 0. The molecule has 0 bridgehead atoms. The highest BCUT2D eigenvalue weighted by atomic mass is 32.1. The van der Waals surface area contributed by atoms with E-state index in [0.717, 1.165) is 21.7 Å². The summed E-state index contributed by atoms with van der Waals surface area (Å²) in [5.74, 6) is -0.0276. The summed E-state index contributed by atoms with van der Waals surface area (Å²) >= 11 is 3.19. The molecule has 1 aromatic carbocycles. The Morgan fingerprint density at radius 2 is 2.15 bits per heavy atom. The molecule has 2 heterocycles. The second kappa shape index (κ2) is 5.26. The van der Waals surface area contributed by atoms with E-state index in [4.69, 9.17) is 5.73 Å². The molecule has 5 heteroatoms. The molecule has 0 aliphatic carbocycles. The lowest BCUT2D eigenvalue weighted by Crippen LogP contribution is -2.22. The van der Waals surface area contributed by atoms with Crippen molar-refractivity contribution in [3.63, 3.8) is 0 Å². The molecule has 3 aromatic rings. The van der Waals surface area contributed by atoms with Gasteiger partial charge in [-0.1, -0.05) is 12.1 Å². The molecule has 0 aliphatic rings. The molecule has 3 rings (SSSR count). The fourth-order valence-electron chi connectivity index (χ4n) is 2.04.